The van der Waals surface area contributed by atoms with Gasteiger partial charge in [0.1, 0.15) is 11.5 Å². The number of anilines is 1. The second-order valence-electron chi connectivity index (χ2n) is 7.70. The van der Waals surface area contributed by atoms with Crippen molar-refractivity contribution in [3.05, 3.63) is 59.5 Å². The summed E-state index contributed by atoms with van der Waals surface area (Å²) in [6.07, 6.45) is 4.97. The average Bonchev–Trinajstić information content (AvgIpc) is 2.74. The van der Waals surface area contributed by atoms with E-state index in [1.807, 2.05) is 23.1 Å². The molecule has 0 amide bonds. The highest BCUT2D eigenvalue weighted by Crippen LogP contribution is 2.34. The quantitative estimate of drug-likeness (QED) is 0.602. The molecule has 156 valence electrons. The van der Waals surface area contributed by atoms with Gasteiger partial charge >= 0.3 is 0 Å². The Hall–Kier alpha value is -2.51. The normalized spacial score (nSPS) is 16.1. The van der Waals surface area contributed by atoms with Gasteiger partial charge < -0.3 is 4.90 Å². The number of benzene rings is 1. The molecule has 0 saturated carbocycles. The fourth-order valence-corrected chi connectivity index (χ4v) is 4.88. The van der Waals surface area contributed by atoms with Gasteiger partial charge in [-0.05, 0) is 17.5 Å². The third-order valence-electron chi connectivity index (χ3n) is 5.31. The minimum absolute atomic E-state index is 0.123. The second-order valence-corrected chi connectivity index (χ2v) is 10.4. The molecule has 0 spiro atoms. The van der Waals surface area contributed by atoms with E-state index < -0.39 is 9.84 Å². The van der Waals surface area contributed by atoms with E-state index in [2.05, 4.69) is 31.0 Å². The molecule has 1 aliphatic heterocycles. The fourth-order valence-electron chi connectivity index (χ4n) is 3.47. The molecule has 2 aromatic heterocycles. The largest absolute Gasteiger partial charge is 0.353 e. The number of nitrogens with zero attached hydrogens (tertiary/aromatic N) is 4. The van der Waals surface area contributed by atoms with E-state index in [4.69, 9.17) is 21.6 Å². The first-order chi connectivity index (χ1) is 14.3. The van der Waals surface area contributed by atoms with Crippen molar-refractivity contribution in [1.82, 2.24) is 15.0 Å². The highest BCUT2D eigenvalue weighted by molar-refractivity contribution is 7.91. The van der Waals surface area contributed by atoms with Crippen LogP contribution in [-0.2, 0) is 9.84 Å². The molecule has 1 aliphatic rings. The van der Waals surface area contributed by atoms with Crippen LogP contribution in [0.25, 0.3) is 22.5 Å². The standard InChI is InChI=1S/C22H23ClN4O2S/c1-15(2)16-3-5-17(6-4-16)21-22(18-7-8-24-13-19(18)23)26-20(14-25-21)27-9-11-30(28,29)12-10-27/h3-8,13-15H,9-12H2,1-2H3. The van der Waals surface area contributed by atoms with Gasteiger partial charge in [0.2, 0.25) is 0 Å². The van der Waals surface area contributed by atoms with Crippen LogP contribution in [-0.4, -0.2) is 48.0 Å². The van der Waals surface area contributed by atoms with Crippen molar-refractivity contribution in [1.29, 1.82) is 0 Å². The highest BCUT2D eigenvalue weighted by Gasteiger charge is 2.24. The maximum atomic E-state index is 11.8. The van der Waals surface area contributed by atoms with E-state index in [9.17, 15) is 8.42 Å². The predicted octanol–water partition coefficient (Wildman–Crippen LogP) is 4.22. The summed E-state index contributed by atoms with van der Waals surface area (Å²) < 4.78 is 23.6. The van der Waals surface area contributed by atoms with Gasteiger partial charge in [0.15, 0.2) is 9.84 Å². The van der Waals surface area contributed by atoms with E-state index in [1.165, 1.54) is 5.56 Å². The Morgan fingerprint density at radius 2 is 1.70 bits per heavy atom. The van der Waals surface area contributed by atoms with Crippen LogP contribution in [0.3, 0.4) is 0 Å². The monoisotopic (exact) mass is 442 g/mol. The number of hydrogen-bond donors (Lipinski definition) is 0. The topological polar surface area (TPSA) is 76.1 Å². The molecule has 4 rings (SSSR count). The Labute approximate surface area is 181 Å². The van der Waals surface area contributed by atoms with Crippen LogP contribution in [0.1, 0.15) is 25.3 Å². The van der Waals surface area contributed by atoms with E-state index >= 15 is 0 Å². The van der Waals surface area contributed by atoms with Crippen LogP contribution in [0.2, 0.25) is 5.02 Å². The molecule has 3 aromatic rings. The summed E-state index contributed by atoms with van der Waals surface area (Å²) in [7, 11) is -2.97. The number of halogens is 1. The molecule has 8 heteroatoms. The van der Waals surface area contributed by atoms with E-state index in [1.54, 1.807) is 18.6 Å². The van der Waals surface area contributed by atoms with Gasteiger partial charge in [0.25, 0.3) is 0 Å². The van der Waals surface area contributed by atoms with Crippen molar-refractivity contribution < 1.29 is 8.42 Å². The smallest absolute Gasteiger partial charge is 0.153 e. The number of rotatable bonds is 4. The SMILES string of the molecule is CC(C)c1ccc(-c2ncc(N3CCS(=O)(=O)CC3)nc2-c2ccncc2Cl)cc1. The molecular weight excluding hydrogens is 420 g/mol. The van der Waals surface area contributed by atoms with Gasteiger partial charge in [-0.15, -0.1) is 0 Å². The Bertz CT molecular complexity index is 1150. The minimum Gasteiger partial charge on any atom is -0.353 e. The summed E-state index contributed by atoms with van der Waals surface area (Å²) in [4.78, 5) is 15.6. The summed E-state index contributed by atoms with van der Waals surface area (Å²) in [5, 5.41) is 0.491. The molecule has 0 N–H and O–H groups in total. The molecular formula is C22H23ClN4O2S. The zero-order valence-corrected chi connectivity index (χ0v) is 18.5. The van der Waals surface area contributed by atoms with Crippen molar-refractivity contribution in [3.8, 4) is 22.5 Å². The van der Waals surface area contributed by atoms with Crippen molar-refractivity contribution in [3.63, 3.8) is 0 Å². The van der Waals surface area contributed by atoms with E-state index in [0.717, 1.165) is 16.8 Å². The first-order valence-electron chi connectivity index (χ1n) is 9.87. The molecule has 30 heavy (non-hydrogen) atoms. The molecule has 1 fully saturated rings. The summed E-state index contributed by atoms with van der Waals surface area (Å²) in [5.74, 6) is 1.34. The zero-order valence-electron chi connectivity index (χ0n) is 16.9. The molecule has 0 unspecified atom stereocenters. The Balaban J connectivity index is 1.79. The van der Waals surface area contributed by atoms with Gasteiger partial charge in [-0.2, -0.15) is 0 Å². The number of aromatic nitrogens is 3. The van der Waals surface area contributed by atoms with Crippen molar-refractivity contribution >= 4 is 27.3 Å². The third kappa shape index (κ3) is 4.32. The second kappa shape index (κ2) is 8.32. The van der Waals surface area contributed by atoms with Crippen LogP contribution in [0.15, 0.2) is 48.9 Å². The molecule has 0 bridgehead atoms. The Morgan fingerprint density at radius 1 is 1.00 bits per heavy atom. The van der Waals surface area contributed by atoms with Gasteiger partial charge in [-0.1, -0.05) is 49.7 Å². The lowest BCUT2D eigenvalue weighted by molar-refractivity contribution is 0.586. The predicted molar refractivity (Wildman–Crippen MR) is 121 cm³/mol. The van der Waals surface area contributed by atoms with Crippen molar-refractivity contribution in [2.24, 2.45) is 0 Å². The van der Waals surface area contributed by atoms with Gasteiger partial charge in [0.05, 0.1) is 28.4 Å². The fraction of sp³-hybridized carbons (Fsp3) is 0.318. The van der Waals surface area contributed by atoms with Crippen LogP contribution in [0.4, 0.5) is 5.82 Å². The first-order valence-corrected chi connectivity index (χ1v) is 12.1. The van der Waals surface area contributed by atoms with Crippen LogP contribution < -0.4 is 4.90 Å². The average molecular weight is 443 g/mol. The number of hydrogen-bond acceptors (Lipinski definition) is 6. The molecule has 0 aliphatic carbocycles. The molecule has 6 nitrogen and oxygen atoms in total. The van der Waals surface area contributed by atoms with E-state index in [-0.39, 0.29) is 11.5 Å². The summed E-state index contributed by atoms with van der Waals surface area (Å²) >= 11 is 6.44. The molecule has 3 heterocycles. The van der Waals surface area contributed by atoms with Gasteiger partial charge in [-0.25, -0.2) is 13.4 Å². The van der Waals surface area contributed by atoms with Crippen molar-refractivity contribution in [2.75, 3.05) is 29.5 Å². The zero-order chi connectivity index (χ0) is 21.3. The first kappa shape index (κ1) is 20.8. The lowest BCUT2D eigenvalue weighted by Crippen LogP contribution is -2.40. The summed E-state index contributed by atoms with van der Waals surface area (Å²) in [5.41, 5.74) is 4.33. The lowest BCUT2D eigenvalue weighted by atomic mass is 9.99. The van der Waals surface area contributed by atoms with E-state index in [0.29, 0.717) is 35.5 Å². The number of sulfone groups is 1. The maximum Gasteiger partial charge on any atom is 0.153 e. The molecule has 0 radical (unpaired) electrons. The highest BCUT2D eigenvalue weighted by atomic mass is 35.5. The Morgan fingerprint density at radius 3 is 2.33 bits per heavy atom. The van der Waals surface area contributed by atoms with Gasteiger partial charge in [0, 0.05) is 36.6 Å². The van der Waals surface area contributed by atoms with Crippen LogP contribution >= 0.6 is 11.6 Å². The maximum absolute atomic E-state index is 11.8. The number of pyridine rings is 1. The Kier molecular flexibility index (Phi) is 5.75. The van der Waals surface area contributed by atoms with Gasteiger partial charge in [-0.3, -0.25) is 9.97 Å². The summed E-state index contributed by atoms with van der Waals surface area (Å²) in [6, 6.07) is 10.1. The van der Waals surface area contributed by atoms with Crippen LogP contribution in [0, 0.1) is 0 Å². The van der Waals surface area contributed by atoms with Crippen molar-refractivity contribution in [2.45, 2.75) is 19.8 Å². The summed E-state index contributed by atoms with van der Waals surface area (Å²) in [6.45, 7) is 5.13. The molecule has 0 atom stereocenters. The minimum atomic E-state index is -2.97. The third-order valence-corrected chi connectivity index (χ3v) is 7.22. The van der Waals surface area contributed by atoms with Crippen LogP contribution in [0.5, 0.6) is 0 Å². The molecule has 1 saturated heterocycles. The lowest BCUT2D eigenvalue weighted by Gasteiger charge is -2.28. The molecule has 1 aromatic carbocycles.